The number of halogens is 2. The highest BCUT2D eigenvalue weighted by atomic mass is 35.5. The van der Waals surface area contributed by atoms with E-state index in [0.717, 1.165) is 25.9 Å². The van der Waals surface area contributed by atoms with Gasteiger partial charge in [-0.25, -0.2) is 0 Å². The van der Waals surface area contributed by atoms with Gasteiger partial charge >= 0.3 is 0 Å². The molecule has 0 saturated carbocycles. The Labute approximate surface area is 153 Å². The zero-order chi connectivity index (χ0) is 16.2. The second-order valence-electron chi connectivity index (χ2n) is 6.17. The van der Waals surface area contributed by atoms with Crippen molar-refractivity contribution in [1.29, 1.82) is 0 Å². The van der Waals surface area contributed by atoms with Crippen molar-refractivity contribution in [3.63, 3.8) is 0 Å². The molecule has 2 fully saturated rings. The average Bonchev–Trinajstić information content (AvgIpc) is 2.61. The molecule has 7 heteroatoms. The lowest BCUT2D eigenvalue weighted by molar-refractivity contribution is -0.137. The summed E-state index contributed by atoms with van der Waals surface area (Å²) in [6, 6.07) is 7.01. The van der Waals surface area contributed by atoms with Crippen LogP contribution < -0.4 is 5.32 Å². The van der Waals surface area contributed by atoms with Crippen molar-refractivity contribution in [2.45, 2.75) is 12.8 Å². The first-order valence-corrected chi connectivity index (χ1v) is 8.57. The van der Waals surface area contributed by atoms with Crippen molar-refractivity contribution in [2.24, 2.45) is 5.92 Å². The third-order valence-corrected chi connectivity index (χ3v) is 4.83. The summed E-state index contributed by atoms with van der Waals surface area (Å²) in [6.07, 6.45) is 2.02. The van der Waals surface area contributed by atoms with Gasteiger partial charge in [-0.05, 0) is 37.6 Å². The van der Waals surface area contributed by atoms with Gasteiger partial charge in [0, 0.05) is 43.3 Å². The van der Waals surface area contributed by atoms with Gasteiger partial charge in [0.25, 0.3) is 5.91 Å². The van der Waals surface area contributed by atoms with E-state index in [9.17, 15) is 9.59 Å². The first kappa shape index (κ1) is 19.0. The summed E-state index contributed by atoms with van der Waals surface area (Å²) in [5, 5.41) is 3.85. The lowest BCUT2D eigenvalue weighted by atomic mass is 9.98. The van der Waals surface area contributed by atoms with E-state index >= 15 is 0 Å². The second-order valence-corrected chi connectivity index (χ2v) is 6.61. The molecule has 2 saturated heterocycles. The fourth-order valence-corrected chi connectivity index (χ4v) is 3.45. The number of piperazine rings is 1. The molecule has 24 heavy (non-hydrogen) atoms. The molecule has 2 heterocycles. The summed E-state index contributed by atoms with van der Waals surface area (Å²) in [5.41, 5.74) is 0.605. The molecule has 0 aromatic heterocycles. The zero-order valence-corrected chi connectivity index (χ0v) is 15.1. The Morgan fingerprint density at radius 3 is 2.46 bits per heavy atom. The standard InChI is InChI=1S/C17H22ClN3O2.ClH/c18-15-5-1-3-13(11-15)16(22)20-7-9-21(10-8-20)17(23)14-4-2-6-19-12-14;/h1,3,5,11,14,19H,2,4,6-10,12H2;1H. The SMILES string of the molecule is Cl.O=C(c1cccc(Cl)c1)N1CCN(C(=O)C2CCCNC2)CC1. The molecule has 0 spiro atoms. The maximum Gasteiger partial charge on any atom is 0.254 e. The molecule has 1 aromatic carbocycles. The van der Waals surface area contributed by atoms with Gasteiger partial charge in [0.15, 0.2) is 0 Å². The number of nitrogens with zero attached hydrogens (tertiary/aromatic N) is 2. The van der Waals surface area contributed by atoms with Gasteiger partial charge in [-0.15, -0.1) is 12.4 Å². The van der Waals surface area contributed by atoms with E-state index in [4.69, 9.17) is 11.6 Å². The smallest absolute Gasteiger partial charge is 0.254 e. The predicted molar refractivity (Wildman–Crippen MR) is 96.8 cm³/mol. The van der Waals surface area contributed by atoms with Crippen molar-refractivity contribution in [1.82, 2.24) is 15.1 Å². The zero-order valence-electron chi connectivity index (χ0n) is 13.5. The molecule has 2 aliphatic rings. The van der Waals surface area contributed by atoms with E-state index in [1.54, 1.807) is 29.2 Å². The molecule has 0 radical (unpaired) electrons. The van der Waals surface area contributed by atoms with Gasteiger partial charge in [0.1, 0.15) is 0 Å². The van der Waals surface area contributed by atoms with E-state index in [0.29, 0.717) is 36.8 Å². The van der Waals surface area contributed by atoms with Crippen LogP contribution >= 0.6 is 24.0 Å². The topological polar surface area (TPSA) is 52.7 Å². The summed E-state index contributed by atoms with van der Waals surface area (Å²) < 4.78 is 0. The molecule has 5 nitrogen and oxygen atoms in total. The van der Waals surface area contributed by atoms with Gasteiger partial charge in [0.2, 0.25) is 5.91 Å². The van der Waals surface area contributed by atoms with Crippen LogP contribution in [0.25, 0.3) is 0 Å². The maximum atomic E-state index is 12.5. The molecule has 0 aliphatic carbocycles. The maximum absolute atomic E-state index is 12.5. The number of piperidine rings is 1. The van der Waals surface area contributed by atoms with Gasteiger partial charge in [-0.1, -0.05) is 17.7 Å². The lowest BCUT2D eigenvalue weighted by Crippen LogP contribution is -2.53. The highest BCUT2D eigenvalue weighted by Crippen LogP contribution is 2.17. The molecule has 1 N–H and O–H groups in total. The molecule has 0 bridgehead atoms. The quantitative estimate of drug-likeness (QED) is 0.865. The number of carbonyl (C=O) groups is 2. The fourth-order valence-electron chi connectivity index (χ4n) is 3.25. The molecular formula is C17H23Cl2N3O2. The monoisotopic (exact) mass is 371 g/mol. The first-order chi connectivity index (χ1) is 11.1. The minimum atomic E-state index is -0.0149. The molecule has 1 atom stereocenters. The van der Waals surface area contributed by atoms with E-state index in [-0.39, 0.29) is 30.1 Å². The Hall–Kier alpha value is -1.30. The summed E-state index contributed by atoms with van der Waals surface area (Å²) in [4.78, 5) is 28.7. The lowest BCUT2D eigenvalue weighted by Gasteiger charge is -2.37. The number of nitrogens with one attached hydrogen (secondary N) is 1. The van der Waals surface area contributed by atoms with Gasteiger partial charge in [-0.3, -0.25) is 9.59 Å². The van der Waals surface area contributed by atoms with Gasteiger partial charge in [0.05, 0.1) is 5.92 Å². The number of rotatable bonds is 2. The van der Waals surface area contributed by atoms with Crippen molar-refractivity contribution < 1.29 is 9.59 Å². The van der Waals surface area contributed by atoms with E-state index in [1.165, 1.54) is 0 Å². The minimum Gasteiger partial charge on any atom is -0.339 e. The van der Waals surface area contributed by atoms with Gasteiger partial charge in [-0.2, -0.15) is 0 Å². The molecule has 3 rings (SSSR count). The Morgan fingerprint density at radius 2 is 1.83 bits per heavy atom. The van der Waals surface area contributed by atoms with Crippen molar-refractivity contribution in [3.8, 4) is 0 Å². The van der Waals surface area contributed by atoms with Crippen LogP contribution in [0.5, 0.6) is 0 Å². The third-order valence-electron chi connectivity index (χ3n) is 4.60. The third kappa shape index (κ3) is 4.41. The van der Waals surface area contributed by atoms with Crippen LogP contribution in [0.2, 0.25) is 5.02 Å². The number of hydrogen-bond acceptors (Lipinski definition) is 3. The van der Waals surface area contributed by atoms with E-state index < -0.39 is 0 Å². The normalized spacial score (nSPS) is 21.1. The molecule has 132 valence electrons. The molecule has 1 aromatic rings. The van der Waals surface area contributed by atoms with Crippen molar-refractivity contribution in [2.75, 3.05) is 39.3 Å². The van der Waals surface area contributed by atoms with Gasteiger partial charge < -0.3 is 15.1 Å². The Balaban J connectivity index is 0.00000208. The molecular weight excluding hydrogens is 349 g/mol. The van der Waals surface area contributed by atoms with Crippen molar-refractivity contribution in [3.05, 3.63) is 34.9 Å². The Morgan fingerprint density at radius 1 is 1.12 bits per heavy atom. The summed E-state index contributed by atoms with van der Waals surface area (Å²) >= 11 is 5.95. The fraction of sp³-hybridized carbons (Fsp3) is 0.529. The van der Waals surface area contributed by atoms with Crippen LogP contribution in [0.3, 0.4) is 0 Å². The number of amides is 2. The number of hydrogen-bond donors (Lipinski definition) is 1. The van der Waals surface area contributed by atoms with Crippen LogP contribution in [0.4, 0.5) is 0 Å². The Bertz CT molecular complexity index is 583. The van der Waals surface area contributed by atoms with Crippen LogP contribution in [-0.2, 0) is 4.79 Å². The number of carbonyl (C=O) groups excluding carboxylic acids is 2. The first-order valence-electron chi connectivity index (χ1n) is 8.19. The Kier molecular flexibility index (Phi) is 6.90. The molecule has 2 aliphatic heterocycles. The highest BCUT2D eigenvalue weighted by molar-refractivity contribution is 6.30. The summed E-state index contributed by atoms with van der Waals surface area (Å²) in [6.45, 7) is 4.17. The average molecular weight is 372 g/mol. The van der Waals surface area contributed by atoms with Crippen LogP contribution in [-0.4, -0.2) is 60.9 Å². The second kappa shape index (κ2) is 8.70. The van der Waals surface area contributed by atoms with Crippen LogP contribution in [0.15, 0.2) is 24.3 Å². The summed E-state index contributed by atoms with van der Waals surface area (Å²) in [7, 11) is 0. The molecule has 1 unspecified atom stereocenters. The van der Waals surface area contributed by atoms with E-state index in [1.807, 2.05) is 4.90 Å². The summed E-state index contributed by atoms with van der Waals surface area (Å²) in [5.74, 6) is 0.310. The largest absolute Gasteiger partial charge is 0.339 e. The predicted octanol–water partition coefficient (Wildman–Crippen LogP) is 2.05. The van der Waals surface area contributed by atoms with Crippen LogP contribution in [0, 0.1) is 5.92 Å². The highest BCUT2D eigenvalue weighted by Gasteiger charge is 2.29. The van der Waals surface area contributed by atoms with Crippen molar-refractivity contribution >= 4 is 35.8 Å². The number of benzene rings is 1. The minimum absolute atomic E-state index is 0. The van der Waals surface area contributed by atoms with E-state index in [2.05, 4.69) is 5.32 Å². The van der Waals surface area contributed by atoms with Crippen LogP contribution in [0.1, 0.15) is 23.2 Å². The molecule has 2 amide bonds.